The summed E-state index contributed by atoms with van der Waals surface area (Å²) >= 11 is 0. The number of methoxy groups -OCH3 is 1. The third-order valence-electron chi connectivity index (χ3n) is 3.97. The van der Waals surface area contributed by atoms with E-state index in [1.165, 1.54) is 26.3 Å². The summed E-state index contributed by atoms with van der Waals surface area (Å²) in [6.45, 7) is 1.32. The first-order chi connectivity index (χ1) is 13.3. The molecule has 1 atom stereocenters. The highest BCUT2D eigenvalue weighted by atomic mass is 32.2. The second-order valence-electron chi connectivity index (χ2n) is 5.85. The topological polar surface area (TPSA) is 111 Å². The smallest absolute Gasteiger partial charge is 0.338 e. The number of sulfonamides is 1. The van der Waals surface area contributed by atoms with Crippen molar-refractivity contribution in [3.63, 3.8) is 0 Å². The van der Waals surface area contributed by atoms with E-state index in [2.05, 4.69) is 10.0 Å². The van der Waals surface area contributed by atoms with Crippen LogP contribution < -0.4 is 14.8 Å². The number of carbonyl (C=O) groups excluding carboxylic acids is 2. The van der Waals surface area contributed by atoms with Crippen molar-refractivity contribution >= 4 is 21.9 Å². The number of esters is 1. The Kier molecular flexibility index (Phi) is 7.13. The first kappa shape index (κ1) is 21.4. The Morgan fingerprint density at radius 1 is 1.11 bits per heavy atom. The van der Waals surface area contributed by atoms with Crippen molar-refractivity contribution in [2.75, 3.05) is 20.8 Å². The Bertz CT molecular complexity index is 944. The molecule has 0 fully saturated rings. The van der Waals surface area contributed by atoms with Crippen LogP contribution in [0.4, 0.5) is 0 Å². The zero-order valence-electron chi connectivity index (χ0n) is 15.8. The minimum Gasteiger partial charge on any atom is -0.495 e. The fraction of sp³-hybridized carbons (Fsp3) is 0.263. The molecule has 2 N–H and O–H groups in total. The second kappa shape index (κ2) is 9.34. The van der Waals surface area contributed by atoms with Crippen molar-refractivity contribution in [3.8, 4) is 5.75 Å². The van der Waals surface area contributed by atoms with E-state index in [9.17, 15) is 18.0 Å². The highest BCUT2D eigenvalue weighted by molar-refractivity contribution is 7.89. The average Bonchev–Trinajstić information content (AvgIpc) is 2.72. The summed E-state index contributed by atoms with van der Waals surface area (Å²) in [6, 6.07) is 12.9. The van der Waals surface area contributed by atoms with Crippen molar-refractivity contribution in [1.29, 1.82) is 0 Å². The van der Waals surface area contributed by atoms with E-state index < -0.39 is 28.5 Å². The maximum Gasteiger partial charge on any atom is 0.338 e. The molecule has 1 amide bonds. The van der Waals surface area contributed by atoms with Crippen molar-refractivity contribution in [2.24, 2.45) is 0 Å². The molecule has 8 nitrogen and oxygen atoms in total. The van der Waals surface area contributed by atoms with Gasteiger partial charge in [-0.1, -0.05) is 30.3 Å². The molecule has 0 heterocycles. The molecule has 0 unspecified atom stereocenters. The lowest BCUT2D eigenvalue weighted by atomic mass is 10.1. The van der Waals surface area contributed by atoms with Gasteiger partial charge in [0.2, 0.25) is 10.0 Å². The number of carbonyl (C=O) groups is 2. The molecule has 28 heavy (non-hydrogen) atoms. The fourth-order valence-corrected chi connectivity index (χ4v) is 3.36. The molecule has 0 aliphatic heterocycles. The number of ether oxygens (including phenoxy) is 2. The summed E-state index contributed by atoms with van der Waals surface area (Å²) in [7, 11) is -1.27. The fourth-order valence-electron chi connectivity index (χ4n) is 2.45. The van der Waals surface area contributed by atoms with E-state index in [-0.39, 0.29) is 22.3 Å². The monoisotopic (exact) mass is 406 g/mol. The summed E-state index contributed by atoms with van der Waals surface area (Å²) in [5, 5.41) is 2.72. The molecule has 2 aromatic rings. The van der Waals surface area contributed by atoms with Gasteiger partial charge in [-0.25, -0.2) is 17.9 Å². The maximum absolute atomic E-state index is 12.2. The van der Waals surface area contributed by atoms with Crippen molar-refractivity contribution < 1.29 is 27.5 Å². The minimum absolute atomic E-state index is 0.0152. The average molecular weight is 406 g/mol. The van der Waals surface area contributed by atoms with E-state index in [4.69, 9.17) is 9.47 Å². The van der Waals surface area contributed by atoms with E-state index in [0.717, 1.165) is 11.6 Å². The predicted molar refractivity (Wildman–Crippen MR) is 103 cm³/mol. The minimum atomic E-state index is -3.84. The Morgan fingerprint density at radius 3 is 2.39 bits per heavy atom. The van der Waals surface area contributed by atoms with Gasteiger partial charge in [0.05, 0.1) is 18.7 Å². The van der Waals surface area contributed by atoms with Gasteiger partial charge in [0.1, 0.15) is 10.6 Å². The van der Waals surface area contributed by atoms with Gasteiger partial charge in [-0.15, -0.1) is 0 Å². The van der Waals surface area contributed by atoms with Gasteiger partial charge in [-0.2, -0.15) is 0 Å². The van der Waals surface area contributed by atoms with Gasteiger partial charge < -0.3 is 14.8 Å². The van der Waals surface area contributed by atoms with Crippen LogP contribution in [-0.4, -0.2) is 41.1 Å². The van der Waals surface area contributed by atoms with Gasteiger partial charge in [0.15, 0.2) is 6.61 Å². The van der Waals surface area contributed by atoms with Gasteiger partial charge in [0, 0.05) is 0 Å². The molecule has 0 aromatic heterocycles. The molecule has 0 saturated carbocycles. The second-order valence-corrected chi connectivity index (χ2v) is 7.70. The van der Waals surface area contributed by atoms with E-state index in [1.54, 1.807) is 0 Å². The molecule has 150 valence electrons. The summed E-state index contributed by atoms with van der Waals surface area (Å²) < 4.78 is 36.3. The highest BCUT2D eigenvalue weighted by Crippen LogP contribution is 2.25. The number of hydrogen-bond acceptors (Lipinski definition) is 6. The van der Waals surface area contributed by atoms with Crippen LogP contribution >= 0.6 is 0 Å². The van der Waals surface area contributed by atoms with Crippen LogP contribution in [-0.2, 0) is 19.6 Å². The molecule has 2 rings (SSSR count). The summed E-state index contributed by atoms with van der Waals surface area (Å²) in [5.74, 6) is -1.21. The van der Waals surface area contributed by atoms with Crippen LogP contribution in [0.15, 0.2) is 53.4 Å². The standard InChI is InChI=1S/C19H22N2O6S/c1-13(14-7-5-4-6-8-14)21-18(22)12-27-19(23)15-9-10-16(26-3)17(11-15)28(24,25)20-2/h4-11,13,20H,12H2,1-3H3,(H,21,22)/t13-/m1/s1. The number of hydrogen-bond donors (Lipinski definition) is 2. The van der Waals surface area contributed by atoms with Crippen LogP contribution in [0.3, 0.4) is 0 Å². The van der Waals surface area contributed by atoms with Crippen molar-refractivity contribution in [1.82, 2.24) is 10.0 Å². The van der Waals surface area contributed by atoms with Crippen LogP contribution in [0.1, 0.15) is 28.9 Å². The maximum atomic E-state index is 12.2. The van der Waals surface area contributed by atoms with Gasteiger partial charge >= 0.3 is 5.97 Å². The molecule has 0 bridgehead atoms. The third-order valence-corrected chi connectivity index (χ3v) is 5.40. The lowest BCUT2D eigenvalue weighted by Gasteiger charge is -2.14. The van der Waals surface area contributed by atoms with Crippen LogP contribution in [0.5, 0.6) is 5.75 Å². The number of benzene rings is 2. The zero-order chi connectivity index (χ0) is 20.7. The molecule has 0 radical (unpaired) electrons. The molecule has 0 aliphatic carbocycles. The summed E-state index contributed by atoms with van der Waals surface area (Å²) in [6.07, 6.45) is 0. The van der Waals surface area contributed by atoms with E-state index in [0.29, 0.717) is 0 Å². The third kappa shape index (κ3) is 5.30. The summed E-state index contributed by atoms with van der Waals surface area (Å²) in [4.78, 5) is 24.0. The number of rotatable bonds is 8. The molecule has 2 aromatic carbocycles. The van der Waals surface area contributed by atoms with E-state index >= 15 is 0 Å². The van der Waals surface area contributed by atoms with Crippen molar-refractivity contribution in [3.05, 3.63) is 59.7 Å². The molecule has 0 saturated heterocycles. The van der Waals surface area contributed by atoms with Crippen molar-refractivity contribution in [2.45, 2.75) is 17.9 Å². The largest absolute Gasteiger partial charge is 0.495 e. The molecule has 0 aliphatic rings. The highest BCUT2D eigenvalue weighted by Gasteiger charge is 2.21. The Hall–Kier alpha value is -2.91. The van der Waals surface area contributed by atoms with Crippen LogP contribution in [0.2, 0.25) is 0 Å². The SMILES string of the molecule is CNS(=O)(=O)c1cc(C(=O)OCC(=O)N[C@H](C)c2ccccc2)ccc1OC. The van der Waals surface area contributed by atoms with Crippen LogP contribution in [0, 0.1) is 0 Å². The number of nitrogens with one attached hydrogen (secondary N) is 2. The quantitative estimate of drug-likeness (QED) is 0.645. The van der Waals surface area contributed by atoms with Gasteiger partial charge in [-0.3, -0.25) is 4.79 Å². The van der Waals surface area contributed by atoms with Gasteiger partial charge in [0.25, 0.3) is 5.91 Å². The molecular weight excluding hydrogens is 384 g/mol. The molecule has 9 heteroatoms. The zero-order valence-corrected chi connectivity index (χ0v) is 16.6. The lowest BCUT2D eigenvalue weighted by molar-refractivity contribution is -0.124. The predicted octanol–water partition coefficient (Wildman–Crippen LogP) is 1.64. The molecule has 0 spiro atoms. The normalized spacial score (nSPS) is 12.1. The first-order valence-corrected chi connectivity index (χ1v) is 9.90. The Morgan fingerprint density at radius 2 is 1.79 bits per heavy atom. The number of amides is 1. The summed E-state index contributed by atoms with van der Waals surface area (Å²) in [5.41, 5.74) is 0.901. The first-order valence-electron chi connectivity index (χ1n) is 8.41. The van der Waals surface area contributed by atoms with Crippen LogP contribution in [0.25, 0.3) is 0 Å². The van der Waals surface area contributed by atoms with E-state index in [1.807, 2.05) is 37.3 Å². The van der Waals surface area contributed by atoms with Gasteiger partial charge in [-0.05, 0) is 37.7 Å². The molecular formula is C19H22N2O6S. The Labute approximate surface area is 163 Å². The lowest BCUT2D eigenvalue weighted by Crippen LogP contribution is -2.31. The Balaban J connectivity index is 2.03.